The van der Waals surface area contributed by atoms with E-state index in [0.29, 0.717) is 0 Å². The van der Waals surface area contributed by atoms with Crippen LogP contribution in [0.15, 0.2) is 0 Å². The van der Waals surface area contributed by atoms with Gasteiger partial charge in [-0.25, -0.2) is 0 Å². The van der Waals surface area contributed by atoms with Crippen molar-refractivity contribution < 1.29 is 21.2 Å². The summed E-state index contributed by atoms with van der Waals surface area (Å²) in [5.41, 5.74) is 7.99. The first kappa shape index (κ1) is 11.2. The van der Waals surface area contributed by atoms with Gasteiger partial charge in [-0.05, 0) is 0 Å². The monoisotopic (exact) mass is 333 g/mol. The van der Waals surface area contributed by atoms with Gasteiger partial charge in [0.1, 0.15) is 0 Å². The predicted octanol–water partition coefficient (Wildman–Crippen LogP) is -0.528. The number of fused-ring (bicyclic) bond motifs is 1. The average Bonchev–Trinajstić information content (AvgIpc) is 2.55. The molecule has 0 radical (unpaired) electrons. The number of anilines is 1. The summed E-state index contributed by atoms with van der Waals surface area (Å²) in [6, 6.07) is 2.30. The Morgan fingerprint density at radius 2 is 2.33 bits per heavy atom. The van der Waals surface area contributed by atoms with E-state index in [0.717, 1.165) is 17.0 Å². The number of nitriles is 1. The predicted molar refractivity (Wildman–Crippen MR) is 59.7 cm³/mol. The number of alkyl halides is 2. The molecule has 0 aromatic carbocycles. The normalized spacial score (nSPS) is 24.9. The van der Waals surface area contributed by atoms with E-state index in [1.54, 1.807) is 11.3 Å². The van der Waals surface area contributed by atoms with Crippen molar-refractivity contribution >= 4 is 16.3 Å². The summed E-state index contributed by atoms with van der Waals surface area (Å²) >= 11 is 1.74. The number of hydrogen-bond acceptors (Lipinski definition) is 3. The van der Waals surface area contributed by atoms with Gasteiger partial charge in [0.15, 0.2) is 0 Å². The standard InChI is InChI=1S/C11H14IN2S/c1-11(12-2)5-3-4-8-9(11)7(6-13)10(14)15-8/h3-5,14H2,1-2H3/q-1/t11-/m1/s1. The minimum absolute atomic E-state index is 0.104. The number of nitrogens with two attached hydrogens (primary N) is 1. The molecule has 0 saturated heterocycles. The number of rotatable bonds is 1. The molecule has 1 aromatic rings. The van der Waals surface area contributed by atoms with E-state index in [1.165, 1.54) is 23.3 Å². The Labute approximate surface area is 105 Å². The summed E-state index contributed by atoms with van der Waals surface area (Å²) in [4.78, 5) is 3.68. The van der Waals surface area contributed by atoms with Crippen LogP contribution in [0.25, 0.3) is 0 Å². The number of nitrogens with zero attached hydrogens (tertiary/aromatic N) is 1. The Morgan fingerprint density at radius 1 is 1.60 bits per heavy atom. The molecule has 2 nitrogen and oxygen atoms in total. The number of hydrogen-bond donors (Lipinski definition) is 1. The maximum atomic E-state index is 9.18. The van der Waals surface area contributed by atoms with Gasteiger partial charge in [0, 0.05) is 0 Å². The molecule has 0 fully saturated rings. The van der Waals surface area contributed by atoms with E-state index in [-0.39, 0.29) is 24.6 Å². The van der Waals surface area contributed by atoms with Gasteiger partial charge >= 0.3 is 105 Å². The van der Waals surface area contributed by atoms with Crippen LogP contribution in [0.4, 0.5) is 5.00 Å². The van der Waals surface area contributed by atoms with Gasteiger partial charge in [-0.15, -0.1) is 0 Å². The average molecular weight is 333 g/mol. The molecular formula is C11H14IN2S-. The molecule has 0 unspecified atom stereocenters. The van der Waals surface area contributed by atoms with E-state index in [9.17, 15) is 5.26 Å². The summed E-state index contributed by atoms with van der Waals surface area (Å²) in [6.07, 6.45) is 3.60. The molecule has 1 atom stereocenters. The van der Waals surface area contributed by atoms with E-state index < -0.39 is 0 Å². The zero-order valence-electron chi connectivity index (χ0n) is 8.93. The van der Waals surface area contributed by atoms with Gasteiger partial charge in [-0.1, -0.05) is 0 Å². The van der Waals surface area contributed by atoms with Crippen molar-refractivity contribution in [2.24, 2.45) is 0 Å². The first-order valence-electron chi connectivity index (χ1n) is 4.94. The number of thiophene rings is 1. The van der Waals surface area contributed by atoms with Crippen LogP contribution in [0, 0.1) is 11.3 Å². The molecule has 1 heterocycles. The van der Waals surface area contributed by atoms with Gasteiger partial charge in [0.25, 0.3) is 0 Å². The second kappa shape index (κ2) is 3.95. The van der Waals surface area contributed by atoms with Crippen LogP contribution in [-0.4, -0.2) is 4.93 Å². The fourth-order valence-electron chi connectivity index (χ4n) is 2.23. The molecule has 0 saturated carbocycles. The molecule has 2 rings (SSSR count). The second-order valence-corrected chi connectivity index (χ2v) is 8.59. The Bertz CT molecular complexity index is 433. The molecule has 1 aromatic heterocycles. The SMILES string of the molecule is C[I-][C@]1(C)CCCc2sc(N)c(C#N)c21. The van der Waals surface area contributed by atoms with E-state index >= 15 is 0 Å². The first-order chi connectivity index (χ1) is 7.12. The van der Waals surface area contributed by atoms with Crippen LogP contribution < -0.4 is 26.9 Å². The molecule has 0 spiro atoms. The quantitative estimate of drug-likeness (QED) is 0.555. The first-order valence-corrected chi connectivity index (χ1v) is 9.00. The van der Waals surface area contributed by atoms with E-state index in [2.05, 4.69) is 17.9 Å². The fraction of sp³-hybridized carbons (Fsp3) is 0.545. The van der Waals surface area contributed by atoms with Crippen molar-refractivity contribution in [1.29, 1.82) is 5.26 Å². The van der Waals surface area contributed by atoms with Crippen molar-refractivity contribution in [3.8, 4) is 6.07 Å². The molecule has 2 N–H and O–H groups in total. The second-order valence-electron chi connectivity index (χ2n) is 3.99. The van der Waals surface area contributed by atoms with Gasteiger partial charge in [-0.2, -0.15) is 0 Å². The molecule has 1 aliphatic carbocycles. The van der Waals surface area contributed by atoms with Crippen LogP contribution >= 0.6 is 11.3 Å². The summed E-state index contributed by atoms with van der Waals surface area (Å²) in [5, 5.41) is 9.91. The number of aryl methyl sites for hydroxylation is 1. The molecule has 4 heteroatoms. The summed E-state index contributed by atoms with van der Waals surface area (Å²) in [6.45, 7) is 2.31. The van der Waals surface area contributed by atoms with Gasteiger partial charge in [-0.3, -0.25) is 0 Å². The molecular weight excluding hydrogens is 319 g/mol. The van der Waals surface area contributed by atoms with Crippen LogP contribution in [0.5, 0.6) is 0 Å². The van der Waals surface area contributed by atoms with Crippen LogP contribution in [0.2, 0.25) is 0 Å². The Balaban J connectivity index is 2.65. The van der Waals surface area contributed by atoms with E-state index in [4.69, 9.17) is 5.73 Å². The zero-order valence-corrected chi connectivity index (χ0v) is 11.9. The van der Waals surface area contributed by atoms with Crippen LogP contribution in [-0.2, 0) is 9.84 Å². The molecule has 15 heavy (non-hydrogen) atoms. The van der Waals surface area contributed by atoms with Crippen molar-refractivity contribution in [1.82, 2.24) is 0 Å². The summed E-state index contributed by atoms with van der Waals surface area (Å²) in [7, 11) is 0. The van der Waals surface area contributed by atoms with Crippen LogP contribution in [0.3, 0.4) is 0 Å². The zero-order chi connectivity index (χ0) is 11.1. The topological polar surface area (TPSA) is 49.8 Å². The third-order valence-corrected chi connectivity index (χ3v) is 7.65. The summed E-state index contributed by atoms with van der Waals surface area (Å²) in [5.74, 6) is 0. The molecule has 0 aliphatic heterocycles. The van der Waals surface area contributed by atoms with Crippen molar-refractivity contribution in [3.05, 3.63) is 16.0 Å². The minimum atomic E-state index is 0.104. The Morgan fingerprint density at radius 3 is 2.93 bits per heavy atom. The molecule has 1 aliphatic rings. The maximum absolute atomic E-state index is 9.18. The Hall–Kier alpha value is -0.280. The Kier molecular flexibility index (Phi) is 2.95. The summed E-state index contributed by atoms with van der Waals surface area (Å²) < 4.78 is 0.283. The van der Waals surface area contributed by atoms with Crippen LogP contribution in [0.1, 0.15) is 35.8 Å². The van der Waals surface area contributed by atoms with Crippen molar-refractivity contribution in [3.63, 3.8) is 0 Å². The van der Waals surface area contributed by atoms with Gasteiger partial charge < -0.3 is 0 Å². The third kappa shape index (κ3) is 1.66. The number of halogens is 1. The van der Waals surface area contributed by atoms with E-state index in [1.807, 2.05) is 0 Å². The van der Waals surface area contributed by atoms with Gasteiger partial charge in [0.2, 0.25) is 0 Å². The third-order valence-electron chi connectivity index (χ3n) is 3.11. The molecule has 82 valence electrons. The van der Waals surface area contributed by atoms with Gasteiger partial charge in [0.05, 0.1) is 0 Å². The molecule has 0 bridgehead atoms. The molecule has 0 amide bonds. The fourth-order valence-corrected chi connectivity index (χ4v) is 5.66. The van der Waals surface area contributed by atoms with Crippen molar-refractivity contribution in [2.45, 2.75) is 29.6 Å². The van der Waals surface area contributed by atoms with Crippen molar-refractivity contribution in [2.75, 3.05) is 10.7 Å². The number of nitrogen functional groups attached to an aromatic ring is 1.